The lowest BCUT2D eigenvalue weighted by molar-refractivity contribution is -0.0998. The van der Waals surface area contributed by atoms with Crippen LogP contribution in [-0.2, 0) is 15.1 Å². The standard InChI is InChI=1S/C16H19N3O2/c1-20-16(7-9-21-10-8-16)15-18-13(11-14(17)19-15)12-5-3-2-4-6-12/h2-6,11H,7-10H2,1H3,(H2,17,18,19). The molecule has 5 heteroatoms. The van der Waals surface area contributed by atoms with Crippen molar-refractivity contribution in [1.29, 1.82) is 0 Å². The van der Waals surface area contributed by atoms with Crippen molar-refractivity contribution < 1.29 is 9.47 Å². The highest BCUT2D eigenvalue weighted by Gasteiger charge is 2.37. The number of rotatable bonds is 3. The molecule has 0 aliphatic carbocycles. The maximum absolute atomic E-state index is 5.98. The third kappa shape index (κ3) is 2.75. The number of benzene rings is 1. The Kier molecular flexibility index (Phi) is 3.86. The summed E-state index contributed by atoms with van der Waals surface area (Å²) in [6.45, 7) is 1.29. The molecule has 2 aromatic rings. The SMILES string of the molecule is COC1(c2nc(N)cc(-c3ccccc3)n2)CCOCC1. The molecule has 0 radical (unpaired) electrons. The van der Waals surface area contributed by atoms with Crippen molar-refractivity contribution in [2.24, 2.45) is 0 Å². The normalized spacial score (nSPS) is 17.6. The van der Waals surface area contributed by atoms with Crippen molar-refractivity contribution in [3.63, 3.8) is 0 Å². The van der Waals surface area contributed by atoms with E-state index in [0.717, 1.165) is 24.1 Å². The van der Waals surface area contributed by atoms with Crippen LogP contribution in [0.5, 0.6) is 0 Å². The molecule has 5 nitrogen and oxygen atoms in total. The number of nitrogen functional groups attached to an aromatic ring is 1. The van der Waals surface area contributed by atoms with E-state index in [-0.39, 0.29) is 0 Å². The van der Waals surface area contributed by atoms with Gasteiger partial charge in [0.1, 0.15) is 11.4 Å². The summed E-state index contributed by atoms with van der Waals surface area (Å²) < 4.78 is 11.2. The number of aromatic nitrogens is 2. The molecular weight excluding hydrogens is 266 g/mol. The predicted octanol–water partition coefficient (Wildman–Crippen LogP) is 2.38. The Morgan fingerprint density at radius 2 is 1.86 bits per heavy atom. The van der Waals surface area contributed by atoms with Crippen molar-refractivity contribution in [2.45, 2.75) is 18.4 Å². The summed E-state index contributed by atoms with van der Waals surface area (Å²) >= 11 is 0. The smallest absolute Gasteiger partial charge is 0.163 e. The van der Waals surface area contributed by atoms with Gasteiger partial charge in [0.05, 0.1) is 5.69 Å². The lowest BCUT2D eigenvalue weighted by Crippen LogP contribution is -2.37. The van der Waals surface area contributed by atoms with Gasteiger partial charge in [0.25, 0.3) is 0 Å². The van der Waals surface area contributed by atoms with Crippen LogP contribution in [0, 0.1) is 0 Å². The number of nitrogens with two attached hydrogens (primary N) is 1. The minimum absolute atomic E-state index is 0.460. The molecule has 21 heavy (non-hydrogen) atoms. The van der Waals surface area contributed by atoms with Crippen molar-refractivity contribution in [3.8, 4) is 11.3 Å². The second kappa shape index (κ2) is 5.79. The average Bonchev–Trinajstić information content (AvgIpc) is 2.56. The first-order valence-corrected chi connectivity index (χ1v) is 7.07. The van der Waals surface area contributed by atoms with E-state index in [2.05, 4.69) is 4.98 Å². The molecule has 3 rings (SSSR count). The molecule has 2 heterocycles. The van der Waals surface area contributed by atoms with Crippen LogP contribution in [0.2, 0.25) is 0 Å². The van der Waals surface area contributed by atoms with Gasteiger partial charge in [-0.1, -0.05) is 30.3 Å². The van der Waals surface area contributed by atoms with Crippen LogP contribution >= 0.6 is 0 Å². The van der Waals surface area contributed by atoms with Gasteiger partial charge in [-0.3, -0.25) is 0 Å². The molecule has 1 aliphatic rings. The topological polar surface area (TPSA) is 70.3 Å². The lowest BCUT2D eigenvalue weighted by atomic mass is 9.92. The van der Waals surface area contributed by atoms with Crippen LogP contribution < -0.4 is 5.73 Å². The van der Waals surface area contributed by atoms with Crippen molar-refractivity contribution in [1.82, 2.24) is 9.97 Å². The summed E-state index contributed by atoms with van der Waals surface area (Å²) in [4.78, 5) is 9.11. The summed E-state index contributed by atoms with van der Waals surface area (Å²) in [5.74, 6) is 1.11. The summed E-state index contributed by atoms with van der Waals surface area (Å²) in [7, 11) is 1.69. The van der Waals surface area contributed by atoms with Gasteiger partial charge in [-0.05, 0) is 0 Å². The average molecular weight is 285 g/mol. The zero-order chi connectivity index (χ0) is 14.7. The second-order valence-electron chi connectivity index (χ2n) is 5.18. The number of methoxy groups -OCH3 is 1. The number of hydrogen-bond acceptors (Lipinski definition) is 5. The van der Waals surface area contributed by atoms with Crippen LogP contribution in [0.25, 0.3) is 11.3 Å². The molecule has 1 aromatic carbocycles. The third-order valence-electron chi connectivity index (χ3n) is 3.91. The first kappa shape index (κ1) is 14.0. The van der Waals surface area contributed by atoms with Gasteiger partial charge in [0.15, 0.2) is 5.82 Å². The largest absolute Gasteiger partial charge is 0.384 e. The first-order chi connectivity index (χ1) is 10.2. The summed E-state index contributed by atoms with van der Waals surface area (Å²) in [6, 6.07) is 11.7. The highest BCUT2D eigenvalue weighted by atomic mass is 16.5. The summed E-state index contributed by atoms with van der Waals surface area (Å²) in [6.07, 6.45) is 1.47. The van der Waals surface area contributed by atoms with Crippen molar-refractivity contribution >= 4 is 5.82 Å². The number of anilines is 1. The zero-order valence-electron chi connectivity index (χ0n) is 12.1. The maximum Gasteiger partial charge on any atom is 0.163 e. The molecule has 0 amide bonds. The van der Waals surface area contributed by atoms with E-state index in [0.29, 0.717) is 24.9 Å². The minimum atomic E-state index is -0.503. The molecule has 110 valence electrons. The van der Waals surface area contributed by atoms with E-state index in [1.807, 2.05) is 30.3 Å². The first-order valence-electron chi connectivity index (χ1n) is 7.07. The third-order valence-corrected chi connectivity index (χ3v) is 3.91. The molecule has 0 bridgehead atoms. The van der Waals surface area contributed by atoms with Crippen LogP contribution in [0.3, 0.4) is 0 Å². The van der Waals surface area contributed by atoms with Crippen molar-refractivity contribution in [2.75, 3.05) is 26.1 Å². The Labute approximate surface area is 124 Å². The van der Waals surface area contributed by atoms with Gasteiger partial charge in [-0.2, -0.15) is 0 Å². The maximum atomic E-state index is 5.98. The molecule has 0 atom stereocenters. The molecule has 1 aliphatic heterocycles. The fourth-order valence-electron chi connectivity index (χ4n) is 2.65. The Balaban J connectivity index is 2.05. The van der Waals surface area contributed by atoms with E-state index in [9.17, 15) is 0 Å². The van der Waals surface area contributed by atoms with Crippen LogP contribution in [0.15, 0.2) is 36.4 Å². The fraction of sp³-hybridized carbons (Fsp3) is 0.375. The van der Waals surface area contributed by atoms with E-state index in [1.165, 1.54) is 0 Å². The van der Waals surface area contributed by atoms with Gasteiger partial charge in [-0.25, -0.2) is 9.97 Å². The number of nitrogens with zero attached hydrogens (tertiary/aromatic N) is 2. The van der Waals surface area contributed by atoms with E-state index in [4.69, 9.17) is 20.2 Å². The number of ether oxygens (including phenoxy) is 2. The molecule has 0 unspecified atom stereocenters. The van der Waals surface area contributed by atoms with Gasteiger partial charge in [0.2, 0.25) is 0 Å². The Hall–Kier alpha value is -1.98. The lowest BCUT2D eigenvalue weighted by Gasteiger charge is -2.34. The van der Waals surface area contributed by atoms with E-state index < -0.39 is 5.60 Å². The molecule has 2 N–H and O–H groups in total. The minimum Gasteiger partial charge on any atom is -0.384 e. The molecular formula is C16H19N3O2. The Bertz CT molecular complexity index is 610. The monoisotopic (exact) mass is 285 g/mol. The molecule has 1 fully saturated rings. The van der Waals surface area contributed by atoms with Crippen molar-refractivity contribution in [3.05, 3.63) is 42.2 Å². The predicted molar refractivity (Wildman–Crippen MR) is 80.6 cm³/mol. The van der Waals surface area contributed by atoms with E-state index in [1.54, 1.807) is 13.2 Å². The highest BCUT2D eigenvalue weighted by molar-refractivity contribution is 5.61. The molecule has 0 saturated carbocycles. The second-order valence-corrected chi connectivity index (χ2v) is 5.18. The molecule has 1 aromatic heterocycles. The van der Waals surface area contributed by atoms with E-state index >= 15 is 0 Å². The Morgan fingerprint density at radius 3 is 2.52 bits per heavy atom. The number of hydrogen-bond donors (Lipinski definition) is 1. The van der Waals surface area contributed by atoms with Crippen LogP contribution in [0.1, 0.15) is 18.7 Å². The summed E-state index contributed by atoms with van der Waals surface area (Å²) in [5.41, 5.74) is 7.32. The highest BCUT2D eigenvalue weighted by Crippen LogP contribution is 2.34. The molecule has 1 saturated heterocycles. The fourth-order valence-corrected chi connectivity index (χ4v) is 2.65. The van der Waals surface area contributed by atoms with Gasteiger partial charge in [-0.15, -0.1) is 0 Å². The van der Waals surface area contributed by atoms with Crippen LogP contribution in [0.4, 0.5) is 5.82 Å². The zero-order valence-corrected chi connectivity index (χ0v) is 12.1. The Morgan fingerprint density at radius 1 is 1.14 bits per heavy atom. The van der Waals surface area contributed by atoms with Crippen LogP contribution in [-0.4, -0.2) is 30.3 Å². The van der Waals surface area contributed by atoms with Gasteiger partial charge in [0, 0.05) is 44.8 Å². The summed E-state index contributed by atoms with van der Waals surface area (Å²) in [5, 5.41) is 0. The van der Waals surface area contributed by atoms with Gasteiger partial charge >= 0.3 is 0 Å². The van der Waals surface area contributed by atoms with Gasteiger partial charge < -0.3 is 15.2 Å². The molecule has 0 spiro atoms. The quantitative estimate of drug-likeness (QED) is 0.937.